The number of carboxylic acid groups (broad SMARTS) is 2. The number of thioether (sulfide) groups is 1. The first-order valence-electron chi connectivity index (χ1n) is 5.50. The minimum atomic E-state index is -0.913. The molecule has 0 spiro atoms. The van der Waals surface area contributed by atoms with Gasteiger partial charge in [-0.15, -0.1) is 0 Å². The van der Waals surface area contributed by atoms with E-state index >= 15 is 0 Å². The average Bonchev–Trinajstić information content (AvgIpc) is 2.73. The summed E-state index contributed by atoms with van der Waals surface area (Å²) in [4.78, 5) is 20.2. The van der Waals surface area contributed by atoms with Gasteiger partial charge in [0.15, 0.2) is 0 Å². The summed E-state index contributed by atoms with van der Waals surface area (Å²) >= 11 is 1.60. The van der Waals surface area contributed by atoms with E-state index in [9.17, 15) is 9.59 Å². The smallest absolute Gasteiger partial charge is 0.320 e. The summed E-state index contributed by atoms with van der Waals surface area (Å²) in [5.74, 6) is -0.983. The molecule has 18 heavy (non-hydrogen) atoms. The van der Waals surface area contributed by atoms with Crippen LogP contribution < -0.4 is 11.1 Å². The van der Waals surface area contributed by atoms with Crippen LogP contribution in [0.5, 0.6) is 0 Å². The van der Waals surface area contributed by atoms with E-state index in [4.69, 9.17) is 21.1 Å². The van der Waals surface area contributed by atoms with E-state index in [2.05, 4.69) is 5.32 Å². The molecule has 0 aliphatic carbocycles. The fraction of sp³-hybridized carbons (Fsp3) is 0.800. The van der Waals surface area contributed by atoms with Gasteiger partial charge < -0.3 is 26.4 Å². The van der Waals surface area contributed by atoms with Crippen LogP contribution in [0.25, 0.3) is 0 Å². The van der Waals surface area contributed by atoms with Crippen LogP contribution in [0.4, 0.5) is 0 Å². The molecule has 0 amide bonds. The number of hydrogen-bond donors (Lipinski definition) is 5. The van der Waals surface area contributed by atoms with Gasteiger partial charge >= 0.3 is 11.9 Å². The predicted molar refractivity (Wildman–Crippen MR) is 68.7 cm³/mol. The fourth-order valence-electron chi connectivity index (χ4n) is 1.27. The first kappa shape index (κ1) is 17.2. The highest BCUT2D eigenvalue weighted by Crippen LogP contribution is 2.05. The first-order chi connectivity index (χ1) is 8.38. The molecule has 7 nitrogen and oxygen atoms in total. The molecule has 0 radical (unpaired) electrons. The number of aliphatic hydroxyl groups excluding tert-OH is 1. The monoisotopic (exact) mass is 280 g/mol. The number of aliphatic hydroxyl groups is 1. The van der Waals surface area contributed by atoms with Gasteiger partial charge in [0.25, 0.3) is 0 Å². The van der Waals surface area contributed by atoms with Crippen LogP contribution >= 0.6 is 11.8 Å². The highest BCUT2D eigenvalue weighted by molar-refractivity contribution is 7.98. The predicted octanol–water partition coefficient (Wildman–Crippen LogP) is -1.05. The van der Waals surface area contributed by atoms with Gasteiger partial charge in [0, 0.05) is 13.0 Å². The van der Waals surface area contributed by atoms with E-state index in [0.29, 0.717) is 19.4 Å². The zero-order chi connectivity index (χ0) is 14.1. The number of aliphatic carboxylic acids is 2. The molecule has 0 bridgehead atoms. The molecule has 6 N–H and O–H groups in total. The van der Waals surface area contributed by atoms with Crippen molar-refractivity contribution in [2.45, 2.75) is 31.0 Å². The van der Waals surface area contributed by atoms with Crippen LogP contribution in [-0.4, -0.2) is 64.0 Å². The van der Waals surface area contributed by atoms with Gasteiger partial charge in [0.2, 0.25) is 0 Å². The molecule has 0 aromatic carbocycles. The third kappa shape index (κ3) is 7.49. The van der Waals surface area contributed by atoms with Gasteiger partial charge in [-0.05, 0) is 18.4 Å². The second kappa shape index (κ2) is 9.15. The van der Waals surface area contributed by atoms with Crippen molar-refractivity contribution in [2.75, 3.05) is 18.6 Å². The van der Waals surface area contributed by atoms with Gasteiger partial charge in [-0.25, -0.2) is 0 Å². The Labute approximate surface area is 110 Å². The summed E-state index contributed by atoms with van der Waals surface area (Å²) < 4.78 is 0. The van der Waals surface area contributed by atoms with Gasteiger partial charge in [0.05, 0.1) is 6.10 Å². The summed E-state index contributed by atoms with van der Waals surface area (Å²) in [7, 11) is 0. The van der Waals surface area contributed by atoms with Gasteiger partial charge in [-0.1, -0.05) is 0 Å². The van der Waals surface area contributed by atoms with Crippen LogP contribution in [0.3, 0.4) is 0 Å². The Morgan fingerprint density at radius 1 is 1.50 bits per heavy atom. The molecule has 1 saturated heterocycles. The number of carbonyl (C=O) groups is 2. The number of nitrogens with one attached hydrogen (secondary N) is 1. The van der Waals surface area contributed by atoms with Crippen molar-refractivity contribution in [1.29, 1.82) is 0 Å². The van der Waals surface area contributed by atoms with Crippen molar-refractivity contribution in [3.05, 3.63) is 0 Å². The maximum atomic E-state index is 10.2. The Hall–Kier alpha value is -0.830. The molecule has 1 aliphatic rings. The van der Waals surface area contributed by atoms with Gasteiger partial charge in [-0.3, -0.25) is 9.59 Å². The molecule has 0 saturated carbocycles. The number of nitrogens with two attached hydrogens (primary N) is 1. The fourth-order valence-corrected chi connectivity index (χ4v) is 1.76. The maximum absolute atomic E-state index is 10.2. The minimum Gasteiger partial charge on any atom is -0.480 e. The van der Waals surface area contributed by atoms with Crippen LogP contribution in [0, 0.1) is 0 Å². The SMILES string of the molecule is CSCC[C@H](N)C(=O)O.O=C(O)C1CC(O)CN1. The summed E-state index contributed by atoms with van der Waals surface area (Å²) in [5.41, 5.74) is 5.19. The summed E-state index contributed by atoms with van der Waals surface area (Å²) in [5, 5.41) is 28.1. The van der Waals surface area contributed by atoms with Gasteiger partial charge in [-0.2, -0.15) is 11.8 Å². The standard InChI is InChI=1S/C5H9NO3.C5H11NO2S/c7-3-1-4(5(8)9)6-2-3;1-9-3-2-4(6)5(7)8/h3-4,6-7H,1-2H2,(H,8,9);4H,2-3,6H2,1H3,(H,7,8)/t;4-/m.0/s1. The minimum absolute atomic E-state index is 0.329. The summed E-state index contributed by atoms with van der Waals surface area (Å²) in [6.45, 7) is 0.400. The Bertz CT molecular complexity index is 277. The molecule has 0 aromatic rings. The molecule has 1 heterocycles. The third-order valence-corrected chi connectivity index (χ3v) is 3.00. The quantitative estimate of drug-likeness (QED) is 0.430. The first-order valence-corrected chi connectivity index (χ1v) is 6.89. The average molecular weight is 280 g/mol. The van der Waals surface area contributed by atoms with Crippen molar-refractivity contribution in [3.63, 3.8) is 0 Å². The van der Waals surface area contributed by atoms with Crippen LogP contribution in [0.1, 0.15) is 12.8 Å². The van der Waals surface area contributed by atoms with Crippen LogP contribution in [-0.2, 0) is 9.59 Å². The lowest BCUT2D eigenvalue weighted by molar-refractivity contribution is -0.139. The second-order valence-electron chi connectivity index (χ2n) is 3.91. The lowest BCUT2D eigenvalue weighted by atomic mass is 10.2. The molecular formula is C10H20N2O5S. The number of hydrogen-bond acceptors (Lipinski definition) is 6. The van der Waals surface area contributed by atoms with Crippen LogP contribution in [0.2, 0.25) is 0 Å². The number of carboxylic acids is 2. The van der Waals surface area contributed by atoms with E-state index in [0.717, 1.165) is 5.75 Å². The van der Waals surface area contributed by atoms with E-state index in [1.165, 1.54) is 0 Å². The molecule has 8 heteroatoms. The highest BCUT2D eigenvalue weighted by atomic mass is 32.2. The lowest BCUT2D eigenvalue weighted by Crippen LogP contribution is -2.30. The lowest BCUT2D eigenvalue weighted by Gasteiger charge is -2.02. The van der Waals surface area contributed by atoms with E-state index < -0.39 is 30.1 Å². The molecule has 2 unspecified atom stereocenters. The molecule has 1 rings (SSSR count). The molecule has 0 aromatic heterocycles. The summed E-state index contributed by atoms with van der Waals surface area (Å²) in [6, 6.07) is -1.22. The summed E-state index contributed by atoms with van der Waals surface area (Å²) in [6.07, 6.45) is 2.33. The Kier molecular flexibility index (Phi) is 8.73. The second-order valence-corrected chi connectivity index (χ2v) is 4.90. The molecule has 106 valence electrons. The topological polar surface area (TPSA) is 133 Å². The van der Waals surface area contributed by atoms with E-state index in [-0.39, 0.29) is 0 Å². The Morgan fingerprint density at radius 3 is 2.39 bits per heavy atom. The highest BCUT2D eigenvalue weighted by Gasteiger charge is 2.27. The third-order valence-electron chi connectivity index (χ3n) is 2.36. The Balaban J connectivity index is 0.000000321. The normalized spacial score (nSPS) is 23.9. The van der Waals surface area contributed by atoms with E-state index in [1.807, 2.05) is 6.26 Å². The van der Waals surface area contributed by atoms with Crippen LogP contribution in [0.15, 0.2) is 0 Å². The zero-order valence-corrected chi connectivity index (χ0v) is 11.0. The maximum Gasteiger partial charge on any atom is 0.320 e. The number of β-amino-alcohol motifs (C(OH)–C–C–N with tert-alkyl or cyclic N) is 1. The molecule has 1 fully saturated rings. The Morgan fingerprint density at radius 2 is 2.11 bits per heavy atom. The molecular weight excluding hydrogens is 260 g/mol. The van der Waals surface area contributed by atoms with Gasteiger partial charge in [0.1, 0.15) is 12.1 Å². The largest absolute Gasteiger partial charge is 0.480 e. The van der Waals surface area contributed by atoms with Crippen molar-refractivity contribution < 1.29 is 24.9 Å². The van der Waals surface area contributed by atoms with Crippen molar-refractivity contribution in [1.82, 2.24) is 5.32 Å². The molecule has 3 atom stereocenters. The number of rotatable bonds is 5. The van der Waals surface area contributed by atoms with E-state index in [1.54, 1.807) is 11.8 Å². The van der Waals surface area contributed by atoms with Crippen molar-refractivity contribution in [2.24, 2.45) is 5.73 Å². The molecule has 1 aliphatic heterocycles. The van der Waals surface area contributed by atoms with Crippen molar-refractivity contribution >= 4 is 23.7 Å². The zero-order valence-electron chi connectivity index (χ0n) is 10.2. The van der Waals surface area contributed by atoms with Crippen molar-refractivity contribution in [3.8, 4) is 0 Å².